The summed E-state index contributed by atoms with van der Waals surface area (Å²) in [4.78, 5) is 36.7. The fourth-order valence-electron chi connectivity index (χ4n) is 2.51. The van der Waals surface area contributed by atoms with E-state index in [2.05, 4.69) is 10.6 Å². The standard InChI is InChI=1S/C18H16ClFN2O5/c1-9-11(16(24)21-10-3-4-13(20)12(19)5-10)6-14(27-9)15(23)17(25)22-18(2)7-26-8-18/h3-6H,7-8H2,1-2H3,(H,21,24)(H,22,25). The van der Waals surface area contributed by atoms with Gasteiger partial charge in [-0.3, -0.25) is 14.4 Å². The van der Waals surface area contributed by atoms with E-state index in [0.717, 1.165) is 6.07 Å². The molecule has 2 heterocycles. The zero-order chi connectivity index (χ0) is 19.8. The Labute approximate surface area is 158 Å². The van der Waals surface area contributed by atoms with Crippen LogP contribution in [0.25, 0.3) is 0 Å². The lowest BCUT2D eigenvalue weighted by Gasteiger charge is -2.38. The first-order valence-corrected chi connectivity index (χ1v) is 8.38. The summed E-state index contributed by atoms with van der Waals surface area (Å²) in [7, 11) is 0. The van der Waals surface area contributed by atoms with Crippen LogP contribution >= 0.6 is 11.6 Å². The van der Waals surface area contributed by atoms with Crippen molar-refractivity contribution < 1.29 is 27.9 Å². The van der Waals surface area contributed by atoms with Crippen LogP contribution in [-0.4, -0.2) is 36.4 Å². The highest BCUT2D eigenvalue weighted by atomic mass is 35.5. The van der Waals surface area contributed by atoms with Gasteiger partial charge in [-0.05, 0) is 32.0 Å². The number of halogens is 2. The Bertz CT molecular complexity index is 936. The van der Waals surface area contributed by atoms with E-state index in [1.807, 2.05) is 0 Å². The molecule has 1 aromatic carbocycles. The van der Waals surface area contributed by atoms with Gasteiger partial charge in [0.1, 0.15) is 11.6 Å². The van der Waals surface area contributed by atoms with Crippen LogP contribution in [0.2, 0.25) is 5.02 Å². The molecule has 2 aromatic rings. The van der Waals surface area contributed by atoms with Crippen LogP contribution in [0.1, 0.15) is 33.6 Å². The van der Waals surface area contributed by atoms with Crippen molar-refractivity contribution in [1.29, 1.82) is 0 Å². The first-order chi connectivity index (χ1) is 12.7. The van der Waals surface area contributed by atoms with Gasteiger partial charge in [-0.2, -0.15) is 0 Å². The minimum absolute atomic E-state index is 0.0739. The number of ketones is 1. The van der Waals surface area contributed by atoms with Crippen LogP contribution < -0.4 is 10.6 Å². The number of aryl methyl sites for hydroxylation is 1. The average Bonchev–Trinajstić information content (AvgIpc) is 2.98. The zero-order valence-electron chi connectivity index (χ0n) is 14.5. The van der Waals surface area contributed by atoms with E-state index in [0.29, 0.717) is 13.2 Å². The molecule has 0 atom stereocenters. The maximum atomic E-state index is 13.2. The highest BCUT2D eigenvalue weighted by Crippen LogP contribution is 2.22. The van der Waals surface area contributed by atoms with Crippen LogP contribution in [0.3, 0.4) is 0 Å². The maximum absolute atomic E-state index is 13.2. The Morgan fingerprint density at radius 2 is 1.93 bits per heavy atom. The summed E-state index contributed by atoms with van der Waals surface area (Å²) in [6.07, 6.45) is 0. The minimum atomic E-state index is -0.893. The number of ether oxygens (including phenoxy) is 1. The summed E-state index contributed by atoms with van der Waals surface area (Å²) in [6, 6.07) is 4.90. The van der Waals surface area contributed by atoms with E-state index in [9.17, 15) is 18.8 Å². The van der Waals surface area contributed by atoms with Gasteiger partial charge in [0.05, 0.1) is 29.3 Å². The Hall–Kier alpha value is -2.71. The maximum Gasteiger partial charge on any atom is 0.296 e. The molecular weight excluding hydrogens is 379 g/mol. The second-order valence-electron chi connectivity index (χ2n) is 6.50. The molecule has 0 spiro atoms. The number of rotatable bonds is 5. The number of hydrogen-bond donors (Lipinski definition) is 2. The molecule has 142 valence electrons. The van der Waals surface area contributed by atoms with Gasteiger partial charge < -0.3 is 19.8 Å². The number of hydrogen-bond acceptors (Lipinski definition) is 5. The van der Waals surface area contributed by atoms with Crippen molar-refractivity contribution in [2.45, 2.75) is 19.4 Å². The molecule has 2 N–H and O–H groups in total. The number of furan rings is 1. The van der Waals surface area contributed by atoms with Gasteiger partial charge in [0.25, 0.3) is 17.6 Å². The molecule has 0 radical (unpaired) electrons. The summed E-state index contributed by atoms with van der Waals surface area (Å²) in [6.45, 7) is 3.87. The summed E-state index contributed by atoms with van der Waals surface area (Å²) in [5.74, 6) is -3.02. The summed E-state index contributed by atoms with van der Waals surface area (Å²) < 4.78 is 23.5. The third kappa shape index (κ3) is 4.01. The lowest BCUT2D eigenvalue weighted by molar-refractivity contribution is -0.127. The fourth-order valence-corrected chi connectivity index (χ4v) is 2.70. The van der Waals surface area contributed by atoms with Crippen molar-refractivity contribution >= 4 is 34.9 Å². The van der Waals surface area contributed by atoms with Gasteiger partial charge in [0.2, 0.25) is 0 Å². The van der Waals surface area contributed by atoms with Gasteiger partial charge >= 0.3 is 0 Å². The van der Waals surface area contributed by atoms with Crippen molar-refractivity contribution in [3.63, 3.8) is 0 Å². The monoisotopic (exact) mass is 394 g/mol. The highest BCUT2D eigenvalue weighted by Gasteiger charge is 2.37. The molecule has 7 nitrogen and oxygen atoms in total. The van der Waals surface area contributed by atoms with Gasteiger partial charge in [-0.1, -0.05) is 11.6 Å². The third-order valence-electron chi connectivity index (χ3n) is 4.03. The quantitative estimate of drug-likeness (QED) is 0.600. The van der Waals surface area contributed by atoms with E-state index >= 15 is 0 Å². The molecule has 0 unspecified atom stereocenters. The Balaban J connectivity index is 1.73. The third-order valence-corrected chi connectivity index (χ3v) is 4.32. The van der Waals surface area contributed by atoms with E-state index in [-0.39, 0.29) is 27.8 Å². The first-order valence-electron chi connectivity index (χ1n) is 8.00. The number of carbonyl (C=O) groups is 3. The van der Waals surface area contributed by atoms with Crippen molar-refractivity contribution in [3.8, 4) is 0 Å². The number of nitrogens with one attached hydrogen (secondary N) is 2. The molecule has 0 bridgehead atoms. The number of Topliss-reactive ketones (excluding diaryl/α,β-unsaturated/α-hetero) is 1. The Morgan fingerprint density at radius 3 is 2.52 bits per heavy atom. The van der Waals surface area contributed by atoms with E-state index in [4.69, 9.17) is 20.8 Å². The molecule has 9 heteroatoms. The summed E-state index contributed by atoms with van der Waals surface area (Å²) >= 11 is 5.68. The second kappa shape index (κ2) is 7.13. The van der Waals surface area contributed by atoms with Crippen LogP contribution in [0.4, 0.5) is 10.1 Å². The second-order valence-corrected chi connectivity index (χ2v) is 6.91. The van der Waals surface area contributed by atoms with E-state index in [1.165, 1.54) is 25.1 Å². The number of anilines is 1. The first kappa shape index (κ1) is 19.1. The molecule has 0 saturated carbocycles. The average molecular weight is 395 g/mol. The molecule has 1 fully saturated rings. The van der Waals surface area contributed by atoms with Gasteiger partial charge in [0, 0.05) is 11.8 Å². The minimum Gasteiger partial charge on any atom is -0.457 e. The van der Waals surface area contributed by atoms with E-state index < -0.39 is 29.0 Å². The highest BCUT2D eigenvalue weighted by molar-refractivity contribution is 6.42. The molecule has 27 heavy (non-hydrogen) atoms. The van der Waals surface area contributed by atoms with Gasteiger partial charge in [0.15, 0.2) is 5.76 Å². The fraction of sp³-hybridized carbons (Fsp3) is 0.278. The predicted octanol–water partition coefficient (Wildman–Crippen LogP) is 2.72. The van der Waals surface area contributed by atoms with Gasteiger partial charge in [-0.15, -0.1) is 0 Å². The van der Waals surface area contributed by atoms with Crippen molar-refractivity contribution in [3.05, 3.63) is 52.2 Å². The topological polar surface area (TPSA) is 97.6 Å². The molecular formula is C18H16ClFN2O5. The lowest BCUT2D eigenvalue weighted by Crippen LogP contribution is -2.61. The molecule has 3 rings (SSSR count). The molecule has 1 aliphatic heterocycles. The molecule has 0 aliphatic carbocycles. The van der Waals surface area contributed by atoms with Gasteiger partial charge in [-0.25, -0.2) is 4.39 Å². The Morgan fingerprint density at radius 1 is 1.22 bits per heavy atom. The van der Waals surface area contributed by atoms with Crippen LogP contribution in [-0.2, 0) is 9.53 Å². The van der Waals surface area contributed by atoms with Crippen LogP contribution in [0.5, 0.6) is 0 Å². The normalized spacial score (nSPS) is 15.0. The number of amides is 2. The molecule has 1 saturated heterocycles. The van der Waals surface area contributed by atoms with Crippen molar-refractivity contribution in [2.75, 3.05) is 18.5 Å². The SMILES string of the molecule is Cc1oc(C(=O)C(=O)NC2(C)COC2)cc1C(=O)Nc1ccc(F)c(Cl)c1. The largest absolute Gasteiger partial charge is 0.457 e. The molecule has 1 aromatic heterocycles. The molecule has 2 amide bonds. The summed E-state index contributed by atoms with van der Waals surface area (Å²) in [5, 5.41) is 4.96. The smallest absolute Gasteiger partial charge is 0.296 e. The molecule has 1 aliphatic rings. The number of benzene rings is 1. The predicted molar refractivity (Wildman–Crippen MR) is 94.5 cm³/mol. The Kier molecular flexibility index (Phi) is 5.03. The lowest BCUT2D eigenvalue weighted by atomic mass is 10.0. The number of carbonyl (C=O) groups excluding carboxylic acids is 3. The van der Waals surface area contributed by atoms with Crippen LogP contribution in [0.15, 0.2) is 28.7 Å². The van der Waals surface area contributed by atoms with Crippen molar-refractivity contribution in [2.24, 2.45) is 0 Å². The van der Waals surface area contributed by atoms with Crippen LogP contribution in [0, 0.1) is 12.7 Å². The van der Waals surface area contributed by atoms with E-state index in [1.54, 1.807) is 6.92 Å². The van der Waals surface area contributed by atoms with Crippen molar-refractivity contribution in [1.82, 2.24) is 5.32 Å². The summed E-state index contributed by atoms with van der Waals surface area (Å²) in [5.41, 5.74) is -0.239. The zero-order valence-corrected chi connectivity index (χ0v) is 15.3.